The van der Waals surface area contributed by atoms with E-state index in [2.05, 4.69) is 23.8 Å². The lowest BCUT2D eigenvalue weighted by atomic mass is 10.0. The van der Waals surface area contributed by atoms with Gasteiger partial charge in [0.15, 0.2) is 0 Å². The van der Waals surface area contributed by atoms with Crippen LogP contribution in [0.15, 0.2) is 10.5 Å². The average Bonchev–Trinajstić information content (AvgIpc) is 2.80. The lowest BCUT2D eigenvalue weighted by Crippen LogP contribution is -2.42. The second-order valence-corrected chi connectivity index (χ2v) is 5.58. The summed E-state index contributed by atoms with van der Waals surface area (Å²) >= 11 is 0. The molecule has 5 nitrogen and oxygen atoms in total. The Hall–Kier alpha value is -1.33. The number of carboxylic acids is 1. The highest BCUT2D eigenvalue weighted by atomic mass is 16.4. The van der Waals surface area contributed by atoms with Gasteiger partial charge in [0.25, 0.3) is 0 Å². The quantitative estimate of drug-likeness (QED) is 0.896. The number of furan rings is 1. The van der Waals surface area contributed by atoms with Gasteiger partial charge in [0.1, 0.15) is 5.76 Å². The van der Waals surface area contributed by atoms with Crippen molar-refractivity contribution >= 4 is 5.97 Å². The Morgan fingerprint density at radius 1 is 1.50 bits per heavy atom. The summed E-state index contributed by atoms with van der Waals surface area (Å²) in [6, 6.07) is 2.22. The molecular weight excluding hydrogens is 256 g/mol. The molecule has 0 atom stereocenters. The van der Waals surface area contributed by atoms with E-state index in [1.807, 2.05) is 6.92 Å². The Balaban J connectivity index is 1.94. The van der Waals surface area contributed by atoms with Crippen molar-refractivity contribution in [1.82, 2.24) is 9.80 Å². The monoisotopic (exact) mass is 280 g/mol. The fourth-order valence-corrected chi connectivity index (χ4v) is 2.86. The Kier molecular flexibility index (Phi) is 4.83. The van der Waals surface area contributed by atoms with E-state index in [0.717, 1.165) is 31.7 Å². The van der Waals surface area contributed by atoms with E-state index in [0.29, 0.717) is 11.8 Å². The van der Waals surface area contributed by atoms with Gasteiger partial charge >= 0.3 is 5.97 Å². The van der Waals surface area contributed by atoms with Crippen molar-refractivity contribution in [2.24, 2.45) is 0 Å². The maximum atomic E-state index is 10.9. The van der Waals surface area contributed by atoms with Crippen molar-refractivity contribution in [1.29, 1.82) is 0 Å². The first-order valence-corrected chi connectivity index (χ1v) is 7.26. The number of hydrogen-bond acceptors (Lipinski definition) is 4. The molecule has 0 bridgehead atoms. The van der Waals surface area contributed by atoms with Gasteiger partial charge in [-0.3, -0.25) is 4.90 Å². The molecule has 20 heavy (non-hydrogen) atoms. The zero-order chi connectivity index (χ0) is 14.7. The standard InChI is InChI=1S/C15H24N2O3/c1-4-17-7-5-13(6-8-17)16(3)10-12-9-14(15(18)19)20-11(12)2/h9,13H,4-8,10H2,1-3H3,(H,18,19). The summed E-state index contributed by atoms with van der Waals surface area (Å²) in [7, 11) is 2.11. The Morgan fingerprint density at radius 2 is 2.15 bits per heavy atom. The van der Waals surface area contributed by atoms with Crippen LogP contribution >= 0.6 is 0 Å². The van der Waals surface area contributed by atoms with Crippen LogP contribution < -0.4 is 0 Å². The first-order chi connectivity index (χ1) is 9.51. The SMILES string of the molecule is CCN1CCC(N(C)Cc2cc(C(=O)O)oc2C)CC1. The molecule has 0 aromatic carbocycles. The van der Waals surface area contributed by atoms with Gasteiger partial charge in [-0.05, 0) is 52.5 Å². The van der Waals surface area contributed by atoms with Crippen LogP contribution in [-0.2, 0) is 6.54 Å². The third kappa shape index (κ3) is 3.41. The number of aryl methyl sites for hydroxylation is 1. The molecule has 0 spiro atoms. The zero-order valence-corrected chi connectivity index (χ0v) is 12.6. The molecule has 1 N–H and O–H groups in total. The number of hydrogen-bond donors (Lipinski definition) is 1. The van der Waals surface area contributed by atoms with Crippen LogP contribution in [0.25, 0.3) is 0 Å². The van der Waals surface area contributed by atoms with Gasteiger partial charge in [0.05, 0.1) is 0 Å². The highest BCUT2D eigenvalue weighted by Crippen LogP contribution is 2.21. The third-order valence-electron chi connectivity index (χ3n) is 4.28. The van der Waals surface area contributed by atoms with Crippen molar-refractivity contribution < 1.29 is 14.3 Å². The molecule has 112 valence electrons. The van der Waals surface area contributed by atoms with Crippen molar-refractivity contribution in [3.63, 3.8) is 0 Å². The smallest absolute Gasteiger partial charge is 0.371 e. The minimum Gasteiger partial charge on any atom is -0.475 e. The zero-order valence-electron chi connectivity index (χ0n) is 12.6. The van der Waals surface area contributed by atoms with Crippen molar-refractivity contribution in [3.05, 3.63) is 23.2 Å². The van der Waals surface area contributed by atoms with Gasteiger partial charge in [-0.25, -0.2) is 4.79 Å². The predicted molar refractivity (Wildman–Crippen MR) is 77.0 cm³/mol. The molecule has 2 heterocycles. The summed E-state index contributed by atoms with van der Waals surface area (Å²) in [5.41, 5.74) is 0.975. The van der Waals surface area contributed by atoms with Gasteiger partial charge in [-0.1, -0.05) is 6.92 Å². The molecule has 0 radical (unpaired) electrons. The Morgan fingerprint density at radius 3 is 2.65 bits per heavy atom. The van der Waals surface area contributed by atoms with Crippen LogP contribution in [0, 0.1) is 6.92 Å². The van der Waals surface area contributed by atoms with Gasteiger partial charge in [0.2, 0.25) is 5.76 Å². The van der Waals surface area contributed by atoms with Crippen molar-refractivity contribution in [2.75, 3.05) is 26.7 Å². The van der Waals surface area contributed by atoms with E-state index in [-0.39, 0.29) is 5.76 Å². The number of carboxylic acid groups (broad SMARTS) is 1. The van der Waals surface area contributed by atoms with Gasteiger partial charge in [-0.15, -0.1) is 0 Å². The highest BCUT2D eigenvalue weighted by Gasteiger charge is 2.23. The van der Waals surface area contributed by atoms with Crippen molar-refractivity contribution in [3.8, 4) is 0 Å². The molecule has 2 rings (SSSR count). The molecule has 1 aliphatic rings. The average molecular weight is 280 g/mol. The van der Waals surface area contributed by atoms with E-state index in [1.165, 1.54) is 12.8 Å². The van der Waals surface area contributed by atoms with Crippen LogP contribution in [0.4, 0.5) is 0 Å². The molecule has 1 saturated heterocycles. The van der Waals surface area contributed by atoms with E-state index < -0.39 is 5.97 Å². The number of likely N-dealkylation sites (tertiary alicyclic amines) is 1. The molecule has 1 aromatic rings. The Labute approximate surface area is 120 Å². The van der Waals surface area contributed by atoms with Crippen LogP contribution in [0.3, 0.4) is 0 Å². The largest absolute Gasteiger partial charge is 0.475 e. The first-order valence-electron chi connectivity index (χ1n) is 7.26. The molecule has 1 aromatic heterocycles. The highest BCUT2D eigenvalue weighted by molar-refractivity contribution is 5.84. The lowest BCUT2D eigenvalue weighted by Gasteiger charge is -2.36. The van der Waals surface area contributed by atoms with Crippen molar-refractivity contribution in [2.45, 2.75) is 39.3 Å². The van der Waals surface area contributed by atoms with E-state index >= 15 is 0 Å². The molecule has 1 fully saturated rings. The normalized spacial score (nSPS) is 17.8. The molecule has 0 unspecified atom stereocenters. The number of piperidine rings is 1. The molecule has 0 amide bonds. The van der Waals surface area contributed by atoms with Crippen LogP contribution in [0.1, 0.15) is 41.6 Å². The second-order valence-electron chi connectivity index (χ2n) is 5.58. The maximum Gasteiger partial charge on any atom is 0.371 e. The summed E-state index contributed by atoms with van der Waals surface area (Å²) in [4.78, 5) is 15.7. The maximum absolute atomic E-state index is 10.9. The summed E-state index contributed by atoms with van der Waals surface area (Å²) in [5, 5.41) is 8.95. The van der Waals surface area contributed by atoms with E-state index in [9.17, 15) is 4.79 Å². The minimum atomic E-state index is -1.00. The summed E-state index contributed by atoms with van der Waals surface area (Å²) in [6.07, 6.45) is 2.35. The first kappa shape index (κ1) is 15.1. The number of nitrogens with zero attached hydrogens (tertiary/aromatic N) is 2. The summed E-state index contributed by atoms with van der Waals surface area (Å²) < 4.78 is 5.26. The fraction of sp³-hybridized carbons (Fsp3) is 0.667. The topological polar surface area (TPSA) is 56.9 Å². The third-order valence-corrected chi connectivity index (χ3v) is 4.28. The molecule has 0 saturated carbocycles. The fourth-order valence-electron chi connectivity index (χ4n) is 2.86. The van der Waals surface area contributed by atoms with Crippen LogP contribution in [-0.4, -0.2) is 53.6 Å². The van der Waals surface area contributed by atoms with Crippen LogP contribution in [0.2, 0.25) is 0 Å². The molecule has 5 heteroatoms. The van der Waals surface area contributed by atoms with E-state index in [4.69, 9.17) is 9.52 Å². The molecule has 0 aliphatic carbocycles. The van der Waals surface area contributed by atoms with Gasteiger partial charge in [0, 0.05) is 18.2 Å². The Bertz CT molecular complexity index is 462. The minimum absolute atomic E-state index is 0.0340. The molecule has 1 aliphatic heterocycles. The van der Waals surface area contributed by atoms with E-state index in [1.54, 1.807) is 6.07 Å². The predicted octanol–water partition coefficient (Wildman–Crippen LogP) is 2.20. The summed E-state index contributed by atoms with van der Waals surface area (Å²) in [5.74, 6) is -0.259. The molecular formula is C15H24N2O3. The summed E-state index contributed by atoms with van der Waals surface area (Å²) in [6.45, 7) is 8.20. The van der Waals surface area contributed by atoms with Gasteiger partial charge < -0.3 is 14.4 Å². The lowest BCUT2D eigenvalue weighted by molar-refractivity contribution is 0.0661. The number of rotatable bonds is 5. The second kappa shape index (κ2) is 6.41. The number of aromatic carboxylic acids is 1. The van der Waals surface area contributed by atoms with Gasteiger partial charge in [-0.2, -0.15) is 0 Å². The van der Waals surface area contributed by atoms with Crippen LogP contribution in [0.5, 0.6) is 0 Å². The number of carbonyl (C=O) groups is 1.